The lowest BCUT2D eigenvalue weighted by Crippen LogP contribution is -2.50. The van der Waals surface area contributed by atoms with Gasteiger partial charge >= 0.3 is 5.97 Å². The molecule has 1 aliphatic rings. The number of carboxylic acid groups (broad SMARTS) is 1. The number of carboxylic acids is 1. The van der Waals surface area contributed by atoms with Crippen LogP contribution in [-0.4, -0.2) is 55.7 Å². The Hall–Kier alpha value is -2.54. The number of aliphatic hydroxyl groups excluding tert-OH is 1. The molecule has 0 unspecified atom stereocenters. The molecule has 0 bridgehead atoms. The van der Waals surface area contributed by atoms with Crippen molar-refractivity contribution in [2.24, 2.45) is 0 Å². The van der Waals surface area contributed by atoms with Crippen molar-refractivity contribution in [1.82, 2.24) is 22.9 Å². The molecule has 2 aromatic rings. The smallest absolute Gasteiger partial charge is 0.323 e. The van der Waals surface area contributed by atoms with E-state index in [4.69, 9.17) is 4.74 Å². The fourth-order valence-corrected chi connectivity index (χ4v) is 6.89. The molecule has 10 nitrogen and oxygen atoms in total. The summed E-state index contributed by atoms with van der Waals surface area (Å²) in [7, 11) is -2.19. The zero-order valence-electron chi connectivity index (χ0n) is 22.0. The molecule has 0 aromatic heterocycles. The topological polar surface area (TPSA) is 195 Å². The van der Waals surface area contributed by atoms with Gasteiger partial charge in [0.05, 0.1) is 30.4 Å². The highest BCUT2D eigenvalue weighted by Crippen LogP contribution is 2.40. The molecule has 0 spiro atoms. The van der Waals surface area contributed by atoms with Gasteiger partial charge in [0, 0.05) is 17.6 Å². The van der Waals surface area contributed by atoms with Crippen molar-refractivity contribution in [3.8, 4) is 5.75 Å². The molecule has 3 rings (SSSR count). The van der Waals surface area contributed by atoms with E-state index in [9.17, 15) is 23.4 Å². The maximum Gasteiger partial charge on any atom is 0.323 e. The summed E-state index contributed by atoms with van der Waals surface area (Å²) in [4.78, 5) is 11.5. The van der Waals surface area contributed by atoms with Crippen LogP contribution in [0.5, 0.6) is 5.75 Å². The van der Waals surface area contributed by atoms with E-state index in [0.29, 0.717) is 23.3 Å². The van der Waals surface area contributed by atoms with Gasteiger partial charge in [-0.05, 0) is 36.1 Å². The summed E-state index contributed by atoms with van der Waals surface area (Å²) >= 11 is 0. The zero-order valence-corrected chi connectivity index (χ0v) is 22.8. The highest BCUT2D eigenvalue weighted by molar-refractivity contribution is 7.91. The third-order valence-corrected chi connectivity index (χ3v) is 8.77. The molecule has 1 aliphatic heterocycles. The number of hydrogen-bond donors (Lipinski definition) is 6. The maximum absolute atomic E-state index is 13.8. The second-order valence-electron chi connectivity index (χ2n) is 9.14. The minimum Gasteiger partial charge on any atom is -0.496 e. The predicted octanol–water partition coefficient (Wildman–Crippen LogP) is 3.36. The van der Waals surface area contributed by atoms with Gasteiger partial charge in [0.1, 0.15) is 11.8 Å². The van der Waals surface area contributed by atoms with Crippen LogP contribution in [0.2, 0.25) is 0 Å². The third-order valence-electron chi connectivity index (χ3n) is 6.81. The van der Waals surface area contributed by atoms with Crippen LogP contribution in [0.1, 0.15) is 62.3 Å². The minimum atomic E-state index is -3.69. The van der Waals surface area contributed by atoms with E-state index in [1.807, 2.05) is 37.3 Å². The lowest BCUT2D eigenvalue weighted by Gasteiger charge is -2.36. The molecule has 0 saturated carbocycles. The van der Waals surface area contributed by atoms with Crippen LogP contribution in [0.3, 0.4) is 0 Å². The van der Waals surface area contributed by atoms with Crippen LogP contribution < -0.4 is 27.7 Å². The summed E-state index contributed by atoms with van der Waals surface area (Å²) in [6.07, 6.45) is 3.26. The molecule has 37 heavy (non-hydrogen) atoms. The Morgan fingerprint density at radius 2 is 1.89 bits per heavy atom. The summed E-state index contributed by atoms with van der Waals surface area (Å²) in [5.74, 6) is -0.764. The first-order valence-corrected chi connectivity index (χ1v) is 13.7. The average molecular weight is 539 g/mol. The van der Waals surface area contributed by atoms with Crippen LogP contribution in [0.15, 0.2) is 47.4 Å². The number of ether oxygens (including phenoxy) is 1. The van der Waals surface area contributed by atoms with Crippen LogP contribution in [0.25, 0.3) is 0 Å². The number of carbonyl (C=O) groups is 1. The highest BCUT2D eigenvalue weighted by atomic mass is 32.2. The largest absolute Gasteiger partial charge is 0.496 e. The fraction of sp³-hybridized carbons (Fsp3) is 0.500. The van der Waals surface area contributed by atoms with Gasteiger partial charge < -0.3 is 27.3 Å². The molecule has 11 heteroatoms. The normalized spacial score (nSPS) is 20.9. The van der Waals surface area contributed by atoms with E-state index < -0.39 is 34.0 Å². The van der Waals surface area contributed by atoms with Crippen molar-refractivity contribution in [1.29, 1.82) is 0 Å². The number of unbranched alkanes of at least 4 members (excludes halogenated alkanes) is 1. The first kappa shape index (κ1) is 32.5. The fourth-order valence-electron chi connectivity index (χ4n) is 4.72. The Balaban J connectivity index is 0.00000342. The third kappa shape index (κ3) is 7.28. The number of methoxy groups -OCH3 is 1. The monoisotopic (exact) mass is 538 g/mol. The Morgan fingerprint density at radius 3 is 2.43 bits per heavy atom. The summed E-state index contributed by atoms with van der Waals surface area (Å²) in [5, 5.41) is 25.1. The van der Waals surface area contributed by atoms with Crippen LogP contribution in [0, 0.1) is 0 Å². The number of aliphatic hydroxyl groups is 1. The average Bonchev–Trinajstić information content (AvgIpc) is 2.95. The molecule has 1 heterocycles. The predicted molar refractivity (Wildman–Crippen MR) is 144 cm³/mol. The van der Waals surface area contributed by atoms with E-state index in [1.54, 1.807) is 12.1 Å². The number of sulfone groups is 1. The van der Waals surface area contributed by atoms with E-state index in [2.05, 4.69) is 17.6 Å². The first-order valence-electron chi connectivity index (χ1n) is 12.0. The first-order chi connectivity index (χ1) is 16.7. The van der Waals surface area contributed by atoms with Gasteiger partial charge in [-0.15, -0.1) is 0 Å². The van der Waals surface area contributed by atoms with Crippen molar-refractivity contribution >= 4 is 15.8 Å². The second-order valence-corrected chi connectivity index (χ2v) is 11.1. The number of fused-ring (bicyclic) bond motifs is 1. The van der Waals surface area contributed by atoms with Gasteiger partial charge in [0.2, 0.25) is 0 Å². The van der Waals surface area contributed by atoms with Crippen LogP contribution >= 0.6 is 0 Å². The number of benzene rings is 2. The number of aliphatic carboxylic acids is 1. The van der Waals surface area contributed by atoms with E-state index in [0.717, 1.165) is 24.8 Å². The van der Waals surface area contributed by atoms with Crippen LogP contribution in [0.4, 0.5) is 0 Å². The van der Waals surface area contributed by atoms with Gasteiger partial charge in [0.15, 0.2) is 9.84 Å². The van der Waals surface area contributed by atoms with Gasteiger partial charge in [0.25, 0.3) is 0 Å². The molecule has 208 valence electrons. The Labute approximate surface area is 219 Å². The van der Waals surface area contributed by atoms with Gasteiger partial charge in [-0.25, -0.2) is 8.42 Å². The van der Waals surface area contributed by atoms with Gasteiger partial charge in [-0.1, -0.05) is 57.0 Å². The standard InChI is InChI=1S/C26H36N2O6S.2H3N/c1-4-6-12-26(5-2)17-35(32,33)23-13-19(15-27-21(16-29)25(30)31)22(34-3)14-20(23)24(28-26)18-10-8-7-9-11-18;;/h7-11,13-14,21,24,27-29H,4-6,12,15-17H2,1-3H3,(H,30,31);2*1H3/t21-,24+,26+;;/m0../s1. The molecular formula is C26H42N4O6S. The Morgan fingerprint density at radius 1 is 1.22 bits per heavy atom. The van der Waals surface area contributed by atoms with Crippen molar-refractivity contribution in [3.63, 3.8) is 0 Å². The Bertz CT molecular complexity index is 1130. The number of hydrogen-bond acceptors (Lipinski definition) is 9. The van der Waals surface area contributed by atoms with Crippen molar-refractivity contribution in [3.05, 3.63) is 59.2 Å². The quantitative estimate of drug-likeness (QED) is 0.247. The van der Waals surface area contributed by atoms with Crippen molar-refractivity contribution < 1.29 is 28.2 Å². The maximum atomic E-state index is 13.8. The van der Waals surface area contributed by atoms with Gasteiger partial charge in [-0.3, -0.25) is 15.4 Å². The number of nitrogens with one attached hydrogen (secondary N) is 2. The summed E-state index contributed by atoms with van der Waals surface area (Å²) in [6.45, 7) is 3.56. The molecular weight excluding hydrogens is 496 g/mol. The molecule has 0 radical (unpaired) electrons. The van der Waals surface area contributed by atoms with E-state index in [-0.39, 0.29) is 35.5 Å². The van der Waals surface area contributed by atoms with Crippen molar-refractivity contribution in [2.45, 2.75) is 68.6 Å². The van der Waals surface area contributed by atoms with Gasteiger partial charge in [-0.2, -0.15) is 0 Å². The SMILES string of the molecule is CCCC[C@]1(CC)CS(=O)(=O)c2cc(CN[C@@H](CO)C(=O)O)c(OC)cc2[C@@H](c2ccccc2)N1.N.N. The lowest BCUT2D eigenvalue weighted by molar-refractivity contribution is -0.140. The zero-order chi connectivity index (χ0) is 25.6. The molecule has 3 atom stereocenters. The Kier molecular flexibility index (Phi) is 12.2. The summed E-state index contributed by atoms with van der Waals surface area (Å²) in [6, 6.07) is 11.6. The minimum absolute atomic E-state index is 0. The lowest BCUT2D eigenvalue weighted by atomic mass is 9.88. The summed E-state index contributed by atoms with van der Waals surface area (Å²) in [5.41, 5.74) is 1.49. The highest BCUT2D eigenvalue weighted by Gasteiger charge is 2.42. The molecule has 10 N–H and O–H groups in total. The van der Waals surface area contributed by atoms with Crippen molar-refractivity contribution in [2.75, 3.05) is 19.5 Å². The second kappa shape index (κ2) is 13.8. The molecule has 0 aliphatic carbocycles. The van der Waals surface area contributed by atoms with E-state index >= 15 is 0 Å². The molecule has 0 saturated heterocycles. The van der Waals surface area contributed by atoms with E-state index in [1.165, 1.54) is 7.11 Å². The summed E-state index contributed by atoms with van der Waals surface area (Å²) < 4.78 is 33.3. The molecule has 0 amide bonds. The number of rotatable bonds is 11. The molecule has 2 aromatic carbocycles. The van der Waals surface area contributed by atoms with Crippen LogP contribution in [-0.2, 0) is 21.2 Å². The molecule has 0 fully saturated rings.